The van der Waals surface area contributed by atoms with Crippen LogP contribution in [-0.4, -0.2) is 25.2 Å². The maximum Gasteiger partial charge on any atom is 0.312 e. The van der Waals surface area contributed by atoms with Crippen LogP contribution in [0.25, 0.3) is 0 Å². The molecule has 0 atom stereocenters. The lowest BCUT2D eigenvalue weighted by molar-refractivity contribution is -0.385. The van der Waals surface area contributed by atoms with E-state index in [9.17, 15) is 10.1 Å². The molecule has 0 saturated carbocycles. The molecular weight excluding hydrogens is 234 g/mol. The predicted molar refractivity (Wildman–Crippen MR) is 60.1 cm³/mol. The lowest BCUT2D eigenvalue weighted by atomic mass is 10.3. The van der Waals surface area contributed by atoms with Gasteiger partial charge < -0.3 is 9.47 Å². The summed E-state index contributed by atoms with van der Waals surface area (Å²) < 4.78 is 10.1. The van der Waals surface area contributed by atoms with Crippen molar-refractivity contribution in [3.8, 4) is 5.75 Å². The van der Waals surface area contributed by atoms with E-state index < -0.39 is 4.92 Å². The first-order valence-corrected chi connectivity index (χ1v) is 5.08. The molecule has 0 unspecified atom stereocenters. The Morgan fingerprint density at radius 2 is 2.19 bits per heavy atom. The van der Waals surface area contributed by atoms with E-state index in [0.29, 0.717) is 24.7 Å². The van der Waals surface area contributed by atoms with Gasteiger partial charge in [-0.3, -0.25) is 10.1 Å². The molecule has 0 aliphatic rings. The number of rotatable bonds is 6. The van der Waals surface area contributed by atoms with Crippen molar-refractivity contribution in [1.29, 1.82) is 0 Å². The minimum atomic E-state index is -0.516. The van der Waals surface area contributed by atoms with Gasteiger partial charge in [-0.1, -0.05) is 11.6 Å². The average molecular weight is 246 g/mol. The number of hydrogen-bond acceptors (Lipinski definition) is 4. The number of ether oxygens (including phenoxy) is 2. The number of nitro groups is 1. The zero-order chi connectivity index (χ0) is 12.0. The second kappa shape index (κ2) is 6.30. The normalized spacial score (nSPS) is 10.1. The second-order valence-electron chi connectivity index (χ2n) is 3.06. The molecule has 1 aromatic rings. The maximum atomic E-state index is 10.7. The van der Waals surface area contributed by atoms with Crippen molar-refractivity contribution in [2.45, 2.75) is 6.42 Å². The molecule has 88 valence electrons. The Morgan fingerprint density at radius 3 is 2.81 bits per heavy atom. The minimum Gasteiger partial charge on any atom is -0.487 e. The van der Waals surface area contributed by atoms with Crippen molar-refractivity contribution in [1.82, 2.24) is 0 Å². The second-order valence-corrected chi connectivity index (χ2v) is 3.50. The molecular formula is C10H12ClNO4. The summed E-state index contributed by atoms with van der Waals surface area (Å²) >= 11 is 5.66. The molecule has 0 saturated heterocycles. The van der Waals surface area contributed by atoms with E-state index in [1.165, 1.54) is 12.1 Å². The van der Waals surface area contributed by atoms with Gasteiger partial charge >= 0.3 is 5.69 Å². The van der Waals surface area contributed by atoms with Crippen LogP contribution in [0.1, 0.15) is 6.42 Å². The summed E-state index contributed by atoms with van der Waals surface area (Å²) in [6, 6.07) is 4.32. The molecule has 6 heteroatoms. The highest BCUT2D eigenvalue weighted by molar-refractivity contribution is 6.30. The Bertz CT molecular complexity index is 370. The van der Waals surface area contributed by atoms with Gasteiger partial charge in [-0.05, 0) is 12.1 Å². The zero-order valence-electron chi connectivity index (χ0n) is 8.81. The van der Waals surface area contributed by atoms with Crippen LogP contribution in [0.5, 0.6) is 5.75 Å². The molecule has 5 nitrogen and oxygen atoms in total. The number of halogens is 1. The Labute approximate surface area is 98.1 Å². The standard InChI is InChI=1S/C10H12ClNO4/c1-15-5-2-6-16-10-4-3-8(11)7-9(10)12(13)14/h3-4,7H,2,5-6H2,1H3. The van der Waals surface area contributed by atoms with E-state index in [0.717, 1.165) is 0 Å². The molecule has 1 aromatic carbocycles. The molecule has 0 aliphatic carbocycles. The zero-order valence-corrected chi connectivity index (χ0v) is 9.57. The van der Waals surface area contributed by atoms with Crippen LogP contribution in [0.4, 0.5) is 5.69 Å². The first-order chi connectivity index (χ1) is 7.65. The van der Waals surface area contributed by atoms with Crippen LogP contribution in [0.15, 0.2) is 18.2 Å². The third-order valence-electron chi connectivity index (χ3n) is 1.87. The van der Waals surface area contributed by atoms with Crippen LogP contribution in [0, 0.1) is 10.1 Å². The highest BCUT2D eigenvalue weighted by atomic mass is 35.5. The van der Waals surface area contributed by atoms with Crippen LogP contribution < -0.4 is 4.74 Å². The van der Waals surface area contributed by atoms with Gasteiger partial charge in [0.05, 0.1) is 11.5 Å². The molecule has 0 N–H and O–H groups in total. The molecule has 0 radical (unpaired) electrons. The molecule has 0 heterocycles. The van der Waals surface area contributed by atoms with Gasteiger partial charge in [-0.2, -0.15) is 0 Å². The topological polar surface area (TPSA) is 61.6 Å². The van der Waals surface area contributed by atoms with E-state index in [1.54, 1.807) is 13.2 Å². The third-order valence-corrected chi connectivity index (χ3v) is 2.10. The van der Waals surface area contributed by atoms with Crippen LogP contribution in [0.3, 0.4) is 0 Å². The van der Waals surface area contributed by atoms with Crippen molar-refractivity contribution in [3.05, 3.63) is 33.3 Å². The molecule has 0 amide bonds. The Morgan fingerprint density at radius 1 is 1.44 bits per heavy atom. The average Bonchev–Trinajstić information content (AvgIpc) is 2.26. The minimum absolute atomic E-state index is 0.120. The largest absolute Gasteiger partial charge is 0.487 e. The van der Waals surface area contributed by atoms with E-state index in [-0.39, 0.29) is 11.4 Å². The van der Waals surface area contributed by atoms with Crippen molar-refractivity contribution in [3.63, 3.8) is 0 Å². The number of benzene rings is 1. The van der Waals surface area contributed by atoms with Gasteiger partial charge in [0.15, 0.2) is 5.75 Å². The van der Waals surface area contributed by atoms with Crippen molar-refractivity contribution in [2.75, 3.05) is 20.3 Å². The lowest BCUT2D eigenvalue weighted by Crippen LogP contribution is -2.03. The van der Waals surface area contributed by atoms with E-state index in [2.05, 4.69) is 0 Å². The highest BCUT2D eigenvalue weighted by Crippen LogP contribution is 2.29. The monoisotopic (exact) mass is 245 g/mol. The van der Waals surface area contributed by atoms with Gasteiger partial charge in [0, 0.05) is 31.2 Å². The summed E-state index contributed by atoms with van der Waals surface area (Å²) in [5, 5.41) is 11.0. The molecule has 16 heavy (non-hydrogen) atoms. The first-order valence-electron chi connectivity index (χ1n) is 4.71. The Kier molecular flexibility index (Phi) is 5.01. The van der Waals surface area contributed by atoms with Gasteiger partial charge in [-0.25, -0.2) is 0 Å². The third kappa shape index (κ3) is 3.67. The summed E-state index contributed by atoms with van der Waals surface area (Å²) in [5.41, 5.74) is -0.120. The first kappa shape index (κ1) is 12.7. The number of nitrogens with zero attached hydrogens (tertiary/aromatic N) is 1. The van der Waals surface area contributed by atoms with Gasteiger partial charge in [0.2, 0.25) is 0 Å². The van der Waals surface area contributed by atoms with Crippen molar-refractivity contribution in [2.24, 2.45) is 0 Å². The van der Waals surface area contributed by atoms with Crippen LogP contribution >= 0.6 is 11.6 Å². The summed E-state index contributed by atoms with van der Waals surface area (Å²) in [4.78, 5) is 10.2. The van der Waals surface area contributed by atoms with E-state index in [4.69, 9.17) is 21.1 Å². The van der Waals surface area contributed by atoms with Gasteiger partial charge in [-0.15, -0.1) is 0 Å². The molecule has 0 bridgehead atoms. The van der Waals surface area contributed by atoms with Gasteiger partial charge in [0.25, 0.3) is 0 Å². The smallest absolute Gasteiger partial charge is 0.312 e. The highest BCUT2D eigenvalue weighted by Gasteiger charge is 2.15. The van der Waals surface area contributed by atoms with Crippen molar-refractivity contribution >= 4 is 17.3 Å². The summed E-state index contributed by atoms with van der Waals surface area (Å²) in [6.07, 6.45) is 0.677. The number of nitro benzene ring substituents is 1. The summed E-state index contributed by atoms with van der Waals surface area (Å²) in [6.45, 7) is 0.928. The van der Waals surface area contributed by atoms with Gasteiger partial charge in [0.1, 0.15) is 0 Å². The summed E-state index contributed by atoms with van der Waals surface area (Å²) in [7, 11) is 1.59. The summed E-state index contributed by atoms with van der Waals surface area (Å²) in [5.74, 6) is 0.227. The SMILES string of the molecule is COCCCOc1ccc(Cl)cc1[N+](=O)[O-]. The molecule has 0 aliphatic heterocycles. The van der Waals surface area contributed by atoms with E-state index >= 15 is 0 Å². The maximum absolute atomic E-state index is 10.7. The lowest BCUT2D eigenvalue weighted by Gasteiger charge is -2.06. The Hall–Kier alpha value is -1.33. The van der Waals surface area contributed by atoms with Crippen LogP contribution in [0.2, 0.25) is 5.02 Å². The Balaban J connectivity index is 2.67. The molecule has 0 spiro atoms. The molecule has 0 fully saturated rings. The molecule has 0 aromatic heterocycles. The quantitative estimate of drug-likeness (QED) is 0.439. The van der Waals surface area contributed by atoms with Crippen molar-refractivity contribution < 1.29 is 14.4 Å². The fraction of sp³-hybridized carbons (Fsp3) is 0.400. The number of methoxy groups -OCH3 is 1. The fourth-order valence-electron chi connectivity index (χ4n) is 1.14. The fourth-order valence-corrected chi connectivity index (χ4v) is 1.31. The van der Waals surface area contributed by atoms with Crippen LogP contribution in [-0.2, 0) is 4.74 Å². The number of hydrogen-bond donors (Lipinski definition) is 0. The molecule has 1 rings (SSSR count). The predicted octanol–water partition coefficient (Wildman–Crippen LogP) is 2.66. The van der Waals surface area contributed by atoms with E-state index in [1.807, 2.05) is 0 Å².